The molecule has 5 heteroatoms. The summed E-state index contributed by atoms with van der Waals surface area (Å²) in [5.74, 6) is 0.00441. The highest BCUT2D eigenvalue weighted by Crippen LogP contribution is 2.23. The molecule has 21 heavy (non-hydrogen) atoms. The summed E-state index contributed by atoms with van der Waals surface area (Å²) in [5.41, 5.74) is 3.12. The van der Waals surface area contributed by atoms with Gasteiger partial charge in [-0.15, -0.1) is 0 Å². The van der Waals surface area contributed by atoms with Gasteiger partial charge in [-0.1, -0.05) is 6.07 Å². The number of nitrogens with zero attached hydrogens (tertiary/aromatic N) is 3. The van der Waals surface area contributed by atoms with Crippen LogP contribution in [0.1, 0.15) is 24.9 Å². The second kappa shape index (κ2) is 6.43. The van der Waals surface area contributed by atoms with Crippen molar-refractivity contribution in [3.63, 3.8) is 0 Å². The third kappa shape index (κ3) is 3.84. The molecule has 2 rings (SSSR count). The third-order valence-electron chi connectivity index (χ3n) is 3.49. The number of carbonyl (C=O) groups excluding carboxylic acids is 1. The summed E-state index contributed by atoms with van der Waals surface area (Å²) >= 11 is 0. The van der Waals surface area contributed by atoms with Crippen LogP contribution in [0.3, 0.4) is 0 Å². The minimum absolute atomic E-state index is 0.00441. The van der Waals surface area contributed by atoms with Gasteiger partial charge in [0, 0.05) is 50.3 Å². The lowest BCUT2D eigenvalue weighted by Crippen LogP contribution is -2.17. The van der Waals surface area contributed by atoms with Crippen LogP contribution < -0.4 is 10.2 Å². The largest absolute Gasteiger partial charge is 0.377 e. The van der Waals surface area contributed by atoms with Gasteiger partial charge in [0.2, 0.25) is 5.91 Å². The standard InChI is InChI=1S/C16H22N4O/c1-12-5-6-14(10-15(12)19(3)4)18-16(21)9-13(2)20-8-7-17-11-20/h5-8,10-11,13H,9H2,1-4H3,(H,18,21)/t13-/m1/s1. The van der Waals surface area contributed by atoms with Gasteiger partial charge >= 0.3 is 0 Å². The first kappa shape index (κ1) is 15.1. The number of amides is 1. The molecule has 1 amide bonds. The van der Waals surface area contributed by atoms with Gasteiger partial charge in [-0.05, 0) is 31.5 Å². The lowest BCUT2D eigenvalue weighted by atomic mass is 10.1. The van der Waals surface area contributed by atoms with E-state index in [9.17, 15) is 4.79 Å². The third-order valence-corrected chi connectivity index (χ3v) is 3.49. The van der Waals surface area contributed by atoms with Gasteiger partial charge in [0.15, 0.2) is 0 Å². The van der Waals surface area contributed by atoms with Gasteiger partial charge in [0.05, 0.1) is 6.33 Å². The first-order chi connectivity index (χ1) is 9.97. The van der Waals surface area contributed by atoms with E-state index in [2.05, 4.69) is 17.2 Å². The SMILES string of the molecule is Cc1ccc(NC(=O)C[C@@H](C)n2ccnc2)cc1N(C)C. The molecule has 0 spiro atoms. The summed E-state index contributed by atoms with van der Waals surface area (Å²) in [6, 6.07) is 6.04. The number of hydrogen-bond donors (Lipinski definition) is 1. The van der Waals surface area contributed by atoms with Crippen LogP contribution in [0.2, 0.25) is 0 Å². The Balaban J connectivity index is 2.01. The number of rotatable bonds is 5. The summed E-state index contributed by atoms with van der Waals surface area (Å²) < 4.78 is 1.93. The van der Waals surface area contributed by atoms with Crippen LogP contribution in [0.15, 0.2) is 36.9 Å². The number of anilines is 2. The number of nitrogens with one attached hydrogen (secondary N) is 1. The van der Waals surface area contributed by atoms with Gasteiger partial charge in [-0.3, -0.25) is 4.79 Å². The Kier molecular flexibility index (Phi) is 4.62. The molecule has 0 saturated carbocycles. The Hall–Kier alpha value is -2.30. The molecule has 0 unspecified atom stereocenters. The molecular weight excluding hydrogens is 264 g/mol. The highest BCUT2D eigenvalue weighted by molar-refractivity contribution is 5.91. The summed E-state index contributed by atoms with van der Waals surface area (Å²) in [5, 5.41) is 2.96. The fourth-order valence-electron chi connectivity index (χ4n) is 2.28. The molecular formula is C16H22N4O. The maximum absolute atomic E-state index is 12.1. The van der Waals surface area contributed by atoms with E-state index in [1.807, 2.05) is 54.9 Å². The quantitative estimate of drug-likeness (QED) is 0.919. The average Bonchev–Trinajstić information content (AvgIpc) is 2.94. The lowest BCUT2D eigenvalue weighted by molar-refractivity contribution is -0.116. The zero-order chi connectivity index (χ0) is 15.4. The number of imidazole rings is 1. The van der Waals surface area contributed by atoms with Gasteiger partial charge in [0.1, 0.15) is 0 Å². The maximum atomic E-state index is 12.1. The van der Waals surface area contributed by atoms with Crippen molar-refractivity contribution in [1.29, 1.82) is 0 Å². The Morgan fingerprint density at radius 3 is 2.81 bits per heavy atom. The highest BCUT2D eigenvalue weighted by atomic mass is 16.1. The molecule has 1 atom stereocenters. The molecule has 0 aliphatic heterocycles. The molecule has 0 radical (unpaired) electrons. The number of aromatic nitrogens is 2. The van der Waals surface area contributed by atoms with Crippen molar-refractivity contribution in [2.75, 3.05) is 24.3 Å². The smallest absolute Gasteiger partial charge is 0.226 e. The molecule has 5 nitrogen and oxygen atoms in total. The van der Waals surface area contributed by atoms with Crippen LogP contribution in [0.25, 0.3) is 0 Å². The molecule has 0 aliphatic rings. The number of carbonyl (C=O) groups is 1. The van der Waals surface area contributed by atoms with Crippen molar-refractivity contribution >= 4 is 17.3 Å². The Bertz CT molecular complexity index is 605. The second-order valence-electron chi connectivity index (χ2n) is 5.51. The summed E-state index contributed by atoms with van der Waals surface area (Å²) in [4.78, 5) is 18.2. The zero-order valence-corrected chi connectivity index (χ0v) is 13.0. The second-order valence-corrected chi connectivity index (χ2v) is 5.51. The fourth-order valence-corrected chi connectivity index (χ4v) is 2.28. The Morgan fingerprint density at radius 1 is 1.43 bits per heavy atom. The molecule has 1 N–H and O–H groups in total. The van der Waals surface area contributed by atoms with Crippen molar-refractivity contribution in [3.8, 4) is 0 Å². The van der Waals surface area contributed by atoms with Crippen LogP contribution in [0.5, 0.6) is 0 Å². The Labute approximate surface area is 125 Å². The topological polar surface area (TPSA) is 50.2 Å². The van der Waals surface area contributed by atoms with Crippen molar-refractivity contribution in [2.45, 2.75) is 26.3 Å². The summed E-state index contributed by atoms with van der Waals surface area (Å²) in [6.07, 6.45) is 5.74. The van der Waals surface area contributed by atoms with Crippen molar-refractivity contribution in [3.05, 3.63) is 42.5 Å². The molecule has 0 saturated heterocycles. The van der Waals surface area contributed by atoms with E-state index in [1.165, 1.54) is 5.56 Å². The van der Waals surface area contributed by atoms with Crippen molar-refractivity contribution < 1.29 is 4.79 Å². The van der Waals surface area contributed by atoms with Crippen LogP contribution in [0.4, 0.5) is 11.4 Å². The van der Waals surface area contributed by atoms with Crippen molar-refractivity contribution in [2.24, 2.45) is 0 Å². The molecule has 1 aromatic heterocycles. The lowest BCUT2D eigenvalue weighted by Gasteiger charge is -2.18. The number of hydrogen-bond acceptors (Lipinski definition) is 3. The molecule has 0 fully saturated rings. The van der Waals surface area contributed by atoms with Crippen LogP contribution in [0, 0.1) is 6.92 Å². The van der Waals surface area contributed by atoms with E-state index in [4.69, 9.17) is 0 Å². The molecule has 0 bridgehead atoms. The van der Waals surface area contributed by atoms with Gasteiger partial charge < -0.3 is 14.8 Å². The fraction of sp³-hybridized carbons (Fsp3) is 0.375. The van der Waals surface area contributed by atoms with E-state index >= 15 is 0 Å². The van der Waals surface area contributed by atoms with E-state index in [0.717, 1.165) is 11.4 Å². The van der Waals surface area contributed by atoms with Gasteiger partial charge in [0.25, 0.3) is 0 Å². The number of benzene rings is 1. The molecule has 1 aromatic carbocycles. The predicted molar refractivity (Wildman–Crippen MR) is 85.7 cm³/mol. The monoisotopic (exact) mass is 286 g/mol. The predicted octanol–water partition coefficient (Wildman–Crippen LogP) is 2.85. The van der Waals surface area contributed by atoms with E-state index in [1.54, 1.807) is 12.5 Å². The van der Waals surface area contributed by atoms with Crippen molar-refractivity contribution in [1.82, 2.24) is 9.55 Å². The Morgan fingerprint density at radius 2 is 2.19 bits per heavy atom. The summed E-state index contributed by atoms with van der Waals surface area (Å²) in [6.45, 7) is 4.06. The van der Waals surface area contributed by atoms with Crippen LogP contribution >= 0.6 is 0 Å². The van der Waals surface area contributed by atoms with Gasteiger partial charge in [-0.25, -0.2) is 4.98 Å². The molecule has 2 aromatic rings. The molecule has 1 heterocycles. The number of aryl methyl sites for hydroxylation is 1. The average molecular weight is 286 g/mol. The minimum Gasteiger partial charge on any atom is -0.377 e. The highest BCUT2D eigenvalue weighted by Gasteiger charge is 2.11. The maximum Gasteiger partial charge on any atom is 0.226 e. The first-order valence-electron chi connectivity index (χ1n) is 7.02. The van der Waals surface area contributed by atoms with Crippen LogP contribution in [-0.2, 0) is 4.79 Å². The first-order valence-corrected chi connectivity index (χ1v) is 7.02. The molecule has 112 valence electrons. The van der Waals surface area contributed by atoms with E-state index in [0.29, 0.717) is 6.42 Å². The summed E-state index contributed by atoms with van der Waals surface area (Å²) in [7, 11) is 3.99. The van der Waals surface area contributed by atoms with E-state index < -0.39 is 0 Å². The van der Waals surface area contributed by atoms with Gasteiger partial charge in [-0.2, -0.15) is 0 Å². The van der Waals surface area contributed by atoms with E-state index in [-0.39, 0.29) is 11.9 Å². The normalized spacial score (nSPS) is 12.0. The minimum atomic E-state index is 0.00441. The zero-order valence-electron chi connectivity index (χ0n) is 13.0. The molecule has 0 aliphatic carbocycles. The van der Waals surface area contributed by atoms with Crippen LogP contribution in [-0.4, -0.2) is 29.6 Å².